The third kappa shape index (κ3) is 4.77. The van der Waals surface area contributed by atoms with E-state index in [0.29, 0.717) is 17.1 Å². The topological polar surface area (TPSA) is 32.3 Å². The van der Waals surface area contributed by atoms with Gasteiger partial charge < -0.3 is 10.4 Å². The van der Waals surface area contributed by atoms with Gasteiger partial charge in [-0.15, -0.1) is 0 Å². The number of aliphatic hydroxyl groups excluding tert-OH is 1. The summed E-state index contributed by atoms with van der Waals surface area (Å²) in [6.07, 6.45) is -0.0768. The SMILES string of the molecule is OC(CNCCc1ccc(Cl)cc1)c1ccc(F)c(F)c1. The summed E-state index contributed by atoms with van der Waals surface area (Å²) in [5.74, 6) is -1.87. The molecule has 1 atom stereocenters. The van der Waals surface area contributed by atoms with E-state index in [1.165, 1.54) is 6.07 Å². The molecule has 1 unspecified atom stereocenters. The van der Waals surface area contributed by atoms with E-state index in [1.54, 1.807) is 0 Å². The van der Waals surface area contributed by atoms with Gasteiger partial charge >= 0.3 is 0 Å². The van der Waals surface area contributed by atoms with Crippen LogP contribution in [-0.4, -0.2) is 18.2 Å². The maximum atomic E-state index is 13.1. The molecule has 2 N–H and O–H groups in total. The maximum absolute atomic E-state index is 13.1. The second-order valence-electron chi connectivity index (χ2n) is 4.77. The average Bonchev–Trinajstić information content (AvgIpc) is 2.48. The van der Waals surface area contributed by atoms with Crippen molar-refractivity contribution in [3.05, 3.63) is 70.2 Å². The van der Waals surface area contributed by atoms with Gasteiger partial charge in [0, 0.05) is 11.6 Å². The van der Waals surface area contributed by atoms with Crippen LogP contribution in [0.5, 0.6) is 0 Å². The van der Waals surface area contributed by atoms with Crippen molar-refractivity contribution in [1.29, 1.82) is 0 Å². The largest absolute Gasteiger partial charge is 0.387 e. The standard InChI is InChI=1S/C16H16ClF2NO/c17-13-4-1-11(2-5-13)7-8-20-10-16(21)12-3-6-14(18)15(19)9-12/h1-6,9,16,20-21H,7-8,10H2. The summed E-state index contributed by atoms with van der Waals surface area (Å²) in [6.45, 7) is 0.945. The molecule has 0 bridgehead atoms. The smallest absolute Gasteiger partial charge is 0.159 e. The van der Waals surface area contributed by atoms with Gasteiger partial charge in [0.15, 0.2) is 11.6 Å². The summed E-state index contributed by atoms with van der Waals surface area (Å²) in [7, 11) is 0. The Kier molecular flexibility index (Phi) is 5.67. The van der Waals surface area contributed by atoms with Crippen LogP contribution in [0.15, 0.2) is 42.5 Å². The molecule has 2 aromatic rings. The summed E-state index contributed by atoms with van der Waals surface area (Å²) < 4.78 is 25.9. The van der Waals surface area contributed by atoms with Crippen molar-refractivity contribution < 1.29 is 13.9 Å². The highest BCUT2D eigenvalue weighted by molar-refractivity contribution is 6.30. The van der Waals surface area contributed by atoms with E-state index in [0.717, 1.165) is 24.1 Å². The van der Waals surface area contributed by atoms with Crippen molar-refractivity contribution in [3.8, 4) is 0 Å². The monoisotopic (exact) mass is 311 g/mol. The van der Waals surface area contributed by atoms with Crippen LogP contribution in [0.25, 0.3) is 0 Å². The zero-order chi connectivity index (χ0) is 15.2. The van der Waals surface area contributed by atoms with E-state index in [4.69, 9.17) is 11.6 Å². The summed E-state index contributed by atoms with van der Waals surface area (Å²) in [4.78, 5) is 0. The minimum Gasteiger partial charge on any atom is -0.387 e. The first-order chi connectivity index (χ1) is 10.1. The molecule has 2 rings (SSSR count). The fourth-order valence-electron chi connectivity index (χ4n) is 1.96. The van der Waals surface area contributed by atoms with E-state index in [2.05, 4.69) is 5.32 Å². The van der Waals surface area contributed by atoms with Crippen LogP contribution in [0.4, 0.5) is 8.78 Å². The molecule has 0 radical (unpaired) electrons. The van der Waals surface area contributed by atoms with Crippen molar-refractivity contribution >= 4 is 11.6 Å². The highest BCUT2D eigenvalue weighted by Gasteiger charge is 2.10. The Morgan fingerprint density at radius 2 is 1.76 bits per heavy atom. The van der Waals surface area contributed by atoms with Gasteiger partial charge in [-0.3, -0.25) is 0 Å². The van der Waals surface area contributed by atoms with Crippen molar-refractivity contribution in [3.63, 3.8) is 0 Å². The Labute approximate surface area is 127 Å². The minimum absolute atomic E-state index is 0.276. The van der Waals surface area contributed by atoms with Crippen molar-refractivity contribution in [2.45, 2.75) is 12.5 Å². The molecule has 0 heterocycles. The Hall–Kier alpha value is -1.49. The molecule has 0 amide bonds. The zero-order valence-corrected chi connectivity index (χ0v) is 12.1. The molecule has 0 aliphatic rings. The van der Waals surface area contributed by atoms with Crippen LogP contribution in [0.1, 0.15) is 17.2 Å². The quantitative estimate of drug-likeness (QED) is 0.801. The Balaban J connectivity index is 1.77. The Morgan fingerprint density at radius 1 is 1.05 bits per heavy atom. The van der Waals surface area contributed by atoms with E-state index in [9.17, 15) is 13.9 Å². The van der Waals surface area contributed by atoms with Gasteiger partial charge in [0.25, 0.3) is 0 Å². The molecular weight excluding hydrogens is 296 g/mol. The molecule has 112 valence electrons. The molecule has 21 heavy (non-hydrogen) atoms. The van der Waals surface area contributed by atoms with Crippen LogP contribution in [-0.2, 0) is 6.42 Å². The fraction of sp³-hybridized carbons (Fsp3) is 0.250. The fourth-order valence-corrected chi connectivity index (χ4v) is 2.09. The Morgan fingerprint density at radius 3 is 2.43 bits per heavy atom. The molecule has 0 aromatic heterocycles. The average molecular weight is 312 g/mol. The highest BCUT2D eigenvalue weighted by atomic mass is 35.5. The van der Waals surface area contributed by atoms with E-state index in [1.807, 2.05) is 24.3 Å². The van der Waals surface area contributed by atoms with Gasteiger partial charge in [-0.2, -0.15) is 0 Å². The summed E-state index contributed by atoms with van der Waals surface area (Å²) >= 11 is 5.80. The van der Waals surface area contributed by atoms with Crippen molar-refractivity contribution in [2.75, 3.05) is 13.1 Å². The van der Waals surface area contributed by atoms with Gasteiger partial charge in [-0.25, -0.2) is 8.78 Å². The molecule has 2 nitrogen and oxygen atoms in total. The lowest BCUT2D eigenvalue weighted by molar-refractivity contribution is 0.174. The van der Waals surface area contributed by atoms with E-state index < -0.39 is 17.7 Å². The van der Waals surface area contributed by atoms with Crippen LogP contribution in [0, 0.1) is 11.6 Å². The number of aliphatic hydroxyl groups is 1. The first-order valence-corrected chi connectivity index (χ1v) is 7.02. The van der Waals surface area contributed by atoms with Crippen LogP contribution in [0.2, 0.25) is 5.02 Å². The first kappa shape index (κ1) is 15.9. The Bertz CT molecular complexity index is 589. The molecule has 0 fully saturated rings. The van der Waals surface area contributed by atoms with Gasteiger partial charge in [-0.1, -0.05) is 29.8 Å². The van der Waals surface area contributed by atoms with Gasteiger partial charge in [0.05, 0.1) is 6.10 Å². The molecule has 0 aliphatic heterocycles. The van der Waals surface area contributed by atoms with Crippen LogP contribution in [0.3, 0.4) is 0 Å². The number of hydrogen-bond donors (Lipinski definition) is 2. The summed E-state index contributed by atoms with van der Waals surface area (Å²) in [5.41, 5.74) is 1.49. The summed E-state index contributed by atoms with van der Waals surface area (Å²) in [5, 5.41) is 13.7. The lowest BCUT2D eigenvalue weighted by atomic mass is 10.1. The van der Waals surface area contributed by atoms with Crippen LogP contribution < -0.4 is 5.32 Å². The number of halogens is 3. The second kappa shape index (κ2) is 7.50. The predicted molar refractivity (Wildman–Crippen MR) is 79.3 cm³/mol. The van der Waals surface area contributed by atoms with Crippen molar-refractivity contribution in [2.24, 2.45) is 0 Å². The third-order valence-corrected chi connectivity index (χ3v) is 3.42. The molecule has 0 saturated heterocycles. The normalized spacial score (nSPS) is 12.4. The molecule has 2 aromatic carbocycles. The lowest BCUT2D eigenvalue weighted by Crippen LogP contribution is -2.23. The van der Waals surface area contributed by atoms with E-state index in [-0.39, 0.29) is 6.54 Å². The van der Waals surface area contributed by atoms with Crippen LogP contribution >= 0.6 is 11.6 Å². The first-order valence-electron chi connectivity index (χ1n) is 6.64. The molecule has 0 spiro atoms. The predicted octanol–water partition coefficient (Wildman–Crippen LogP) is 3.48. The van der Waals surface area contributed by atoms with E-state index >= 15 is 0 Å². The number of nitrogens with one attached hydrogen (secondary N) is 1. The van der Waals surface area contributed by atoms with Gasteiger partial charge in [-0.05, 0) is 48.4 Å². The minimum atomic E-state index is -0.951. The maximum Gasteiger partial charge on any atom is 0.159 e. The van der Waals surface area contributed by atoms with Gasteiger partial charge in [0.2, 0.25) is 0 Å². The number of rotatable bonds is 6. The lowest BCUT2D eigenvalue weighted by Gasteiger charge is -2.12. The summed E-state index contributed by atoms with van der Waals surface area (Å²) in [6, 6.07) is 10.9. The third-order valence-electron chi connectivity index (χ3n) is 3.17. The highest BCUT2D eigenvalue weighted by Crippen LogP contribution is 2.15. The molecule has 5 heteroatoms. The number of benzene rings is 2. The second-order valence-corrected chi connectivity index (χ2v) is 5.21. The zero-order valence-electron chi connectivity index (χ0n) is 11.3. The molecule has 0 aliphatic carbocycles. The molecule has 0 saturated carbocycles. The molecular formula is C16H16ClF2NO. The number of hydrogen-bond acceptors (Lipinski definition) is 2. The van der Waals surface area contributed by atoms with Crippen molar-refractivity contribution in [1.82, 2.24) is 5.32 Å². The van der Waals surface area contributed by atoms with Gasteiger partial charge in [0.1, 0.15) is 0 Å².